The van der Waals surface area contributed by atoms with Crippen LogP contribution in [0, 0.1) is 0 Å². The normalized spacial score (nSPS) is 11.6. The van der Waals surface area contributed by atoms with Crippen LogP contribution in [-0.4, -0.2) is 28.1 Å². The number of carbonyl (C=O) groups excluding carboxylic acids is 1. The molecule has 7 nitrogen and oxygen atoms in total. The molecule has 1 N–H and O–H groups in total. The number of rotatable bonds is 8. The molecule has 0 radical (unpaired) electrons. The summed E-state index contributed by atoms with van der Waals surface area (Å²) >= 11 is 0. The average Bonchev–Trinajstić information content (AvgIpc) is 3.32. The van der Waals surface area contributed by atoms with Gasteiger partial charge in [0.1, 0.15) is 11.4 Å². The fourth-order valence-corrected chi connectivity index (χ4v) is 3.21. The zero-order chi connectivity index (χ0) is 21.5. The zero-order valence-corrected chi connectivity index (χ0v) is 17.1. The summed E-state index contributed by atoms with van der Waals surface area (Å²) in [7, 11) is 1.63. The lowest BCUT2D eigenvalue weighted by Crippen LogP contribution is -2.29. The first-order valence-electron chi connectivity index (χ1n) is 9.95. The van der Waals surface area contributed by atoms with Crippen LogP contribution in [0.1, 0.15) is 29.5 Å². The highest BCUT2D eigenvalue weighted by molar-refractivity contribution is 5.77. The SMILES string of the molecule is COc1ccc(C(NC(=O)CCc2nc(-c3ccccn3)no2)c2ccccc2)cc1. The number of methoxy groups -OCH3 is 1. The molecule has 2 aromatic carbocycles. The summed E-state index contributed by atoms with van der Waals surface area (Å²) in [5, 5.41) is 7.06. The molecular weight excluding hydrogens is 392 g/mol. The van der Waals surface area contributed by atoms with Gasteiger partial charge in [0.15, 0.2) is 0 Å². The maximum Gasteiger partial charge on any atom is 0.227 e. The maximum absolute atomic E-state index is 12.7. The molecule has 4 aromatic rings. The van der Waals surface area contributed by atoms with Crippen LogP contribution in [0.2, 0.25) is 0 Å². The second-order valence-electron chi connectivity index (χ2n) is 6.91. The number of amides is 1. The first-order chi connectivity index (χ1) is 15.2. The number of ether oxygens (including phenoxy) is 1. The lowest BCUT2D eigenvalue weighted by atomic mass is 9.98. The number of nitrogens with one attached hydrogen (secondary N) is 1. The molecule has 0 aliphatic rings. The summed E-state index contributed by atoms with van der Waals surface area (Å²) in [5.74, 6) is 1.47. The predicted octanol–water partition coefficient (Wildman–Crippen LogP) is 3.98. The molecule has 2 heterocycles. The summed E-state index contributed by atoms with van der Waals surface area (Å²) in [6.07, 6.45) is 2.24. The van der Waals surface area contributed by atoms with Gasteiger partial charge in [-0.2, -0.15) is 4.98 Å². The third kappa shape index (κ3) is 5.14. The molecule has 0 fully saturated rings. The van der Waals surface area contributed by atoms with Crippen molar-refractivity contribution in [2.75, 3.05) is 7.11 Å². The van der Waals surface area contributed by atoms with Gasteiger partial charge in [-0.05, 0) is 35.4 Å². The van der Waals surface area contributed by atoms with Gasteiger partial charge in [0.2, 0.25) is 17.6 Å². The van der Waals surface area contributed by atoms with Gasteiger partial charge < -0.3 is 14.6 Å². The minimum atomic E-state index is -0.272. The molecule has 0 aliphatic heterocycles. The molecule has 0 bridgehead atoms. The fraction of sp³-hybridized carbons (Fsp3) is 0.167. The van der Waals surface area contributed by atoms with Crippen LogP contribution in [0.3, 0.4) is 0 Å². The minimum Gasteiger partial charge on any atom is -0.497 e. The summed E-state index contributed by atoms with van der Waals surface area (Å²) in [6.45, 7) is 0. The molecule has 31 heavy (non-hydrogen) atoms. The number of aromatic nitrogens is 3. The topological polar surface area (TPSA) is 90.1 Å². The number of hydrogen-bond acceptors (Lipinski definition) is 6. The highest BCUT2D eigenvalue weighted by Gasteiger charge is 2.18. The molecule has 4 rings (SSSR count). The van der Waals surface area contributed by atoms with Crippen LogP contribution in [-0.2, 0) is 11.2 Å². The second kappa shape index (κ2) is 9.67. The quantitative estimate of drug-likeness (QED) is 0.469. The Morgan fingerprint density at radius 2 is 1.74 bits per heavy atom. The second-order valence-corrected chi connectivity index (χ2v) is 6.91. The van der Waals surface area contributed by atoms with Crippen LogP contribution in [0.15, 0.2) is 83.5 Å². The molecule has 7 heteroatoms. The largest absolute Gasteiger partial charge is 0.497 e. The molecular formula is C24H22N4O3. The highest BCUT2D eigenvalue weighted by atomic mass is 16.5. The van der Waals surface area contributed by atoms with Crippen LogP contribution in [0.25, 0.3) is 11.5 Å². The van der Waals surface area contributed by atoms with E-state index in [1.807, 2.05) is 66.7 Å². The van der Waals surface area contributed by atoms with Gasteiger partial charge >= 0.3 is 0 Å². The van der Waals surface area contributed by atoms with Crippen LogP contribution in [0.5, 0.6) is 5.75 Å². The van der Waals surface area contributed by atoms with Gasteiger partial charge in [-0.15, -0.1) is 0 Å². The van der Waals surface area contributed by atoms with Gasteiger partial charge in [-0.25, -0.2) is 0 Å². The molecule has 1 atom stereocenters. The van der Waals surface area contributed by atoms with Gasteiger partial charge in [0.25, 0.3) is 0 Å². The standard InChI is InChI=1S/C24H22N4O3/c1-30-19-12-10-18(11-13-19)23(17-7-3-2-4-8-17)26-21(29)14-15-22-27-24(28-31-22)20-9-5-6-16-25-20/h2-13,16,23H,14-15H2,1H3,(H,26,29). The van der Waals surface area contributed by atoms with Crippen molar-refractivity contribution in [3.8, 4) is 17.3 Å². The van der Waals surface area contributed by atoms with Gasteiger partial charge in [-0.1, -0.05) is 53.7 Å². The molecule has 1 amide bonds. The van der Waals surface area contributed by atoms with Crippen molar-refractivity contribution in [1.82, 2.24) is 20.4 Å². The lowest BCUT2D eigenvalue weighted by molar-refractivity contribution is -0.121. The van der Waals surface area contributed by atoms with Crippen molar-refractivity contribution in [3.63, 3.8) is 0 Å². The van der Waals surface area contributed by atoms with E-state index in [0.29, 0.717) is 23.8 Å². The van der Waals surface area contributed by atoms with Crippen LogP contribution >= 0.6 is 0 Å². The van der Waals surface area contributed by atoms with E-state index in [0.717, 1.165) is 16.9 Å². The van der Waals surface area contributed by atoms with Crippen molar-refractivity contribution in [2.45, 2.75) is 18.9 Å². The lowest BCUT2D eigenvalue weighted by Gasteiger charge is -2.20. The van der Waals surface area contributed by atoms with E-state index in [4.69, 9.17) is 9.26 Å². The maximum atomic E-state index is 12.7. The third-order valence-corrected chi connectivity index (χ3v) is 4.82. The first-order valence-corrected chi connectivity index (χ1v) is 9.95. The molecule has 2 aromatic heterocycles. The van der Waals surface area contributed by atoms with Crippen molar-refractivity contribution < 1.29 is 14.1 Å². The van der Waals surface area contributed by atoms with E-state index in [-0.39, 0.29) is 18.4 Å². The van der Waals surface area contributed by atoms with Gasteiger partial charge in [0.05, 0.1) is 13.2 Å². The Morgan fingerprint density at radius 1 is 1.00 bits per heavy atom. The van der Waals surface area contributed by atoms with E-state index >= 15 is 0 Å². The number of nitrogens with zero attached hydrogens (tertiary/aromatic N) is 3. The van der Waals surface area contributed by atoms with Crippen molar-refractivity contribution in [3.05, 3.63) is 96.0 Å². The Kier molecular flexibility index (Phi) is 6.32. The van der Waals surface area contributed by atoms with E-state index < -0.39 is 0 Å². The zero-order valence-electron chi connectivity index (χ0n) is 17.1. The smallest absolute Gasteiger partial charge is 0.227 e. The van der Waals surface area contributed by atoms with Crippen LogP contribution in [0.4, 0.5) is 0 Å². The summed E-state index contributed by atoms with van der Waals surface area (Å²) in [5.41, 5.74) is 2.59. The Hall–Kier alpha value is -4.00. The minimum absolute atomic E-state index is 0.109. The van der Waals surface area contributed by atoms with E-state index in [9.17, 15) is 4.79 Å². The van der Waals surface area contributed by atoms with Gasteiger partial charge in [-0.3, -0.25) is 9.78 Å². The average molecular weight is 414 g/mol. The molecule has 156 valence electrons. The highest BCUT2D eigenvalue weighted by Crippen LogP contribution is 2.24. The van der Waals surface area contributed by atoms with E-state index in [1.54, 1.807) is 19.4 Å². The number of aryl methyl sites for hydroxylation is 1. The number of hydrogen-bond donors (Lipinski definition) is 1. The Bertz CT molecular complexity index is 1110. The molecule has 0 aliphatic carbocycles. The van der Waals surface area contributed by atoms with E-state index in [1.165, 1.54) is 0 Å². The van der Waals surface area contributed by atoms with Crippen molar-refractivity contribution >= 4 is 5.91 Å². The van der Waals surface area contributed by atoms with Crippen molar-refractivity contribution in [1.29, 1.82) is 0 Å². The Balaban J connectivity index is 1.43. The molecule has 0 saturated carbocycles. The predicted molar refractivity (Wildman–Crippen MR) is 115 cm³/mol. The fourth-order valence-electron chi connectivity index (χ4n) is 3.21. The number of pyridine rings is 1. The first kappa shape index (κ1) is 20.3. The summed E-state index contributed by atoms with van der Waals surface area (Å²) < 4.78 is 10.5. The molecule has 1 unspecified atom stereocenters. The monoisotopic (exact) mass is 414 g/mol. The molecule has 0 spiro atoms. The van der Waals surface area contributed by atoms with E-state index in [2.05, 4.69) is 20.4 Å². The van der Waals surface area contributed by atoms with Gasteiger partial charge in [0, 0.05) is 19.0 Å². The third-order valence-electron chi connectivity index (χ3n) is 4.82. The Morgan fingerprint density at radius 3 is 2.45 bits per heavy atom. The summed E-state index contributed by atoms with van der Waals surface area (Å²) in [4.78, 5) is 21.3. The number of benzene rings is 2. The Labute approximate surface area is 180 Å². The van der Waals surface area contributed by atoms with Crippen LogP contribution < -0.4 is 10.1 Å². The summed E-state index contributed by atoms with van der Waals surface area (Å²) in [6, 6.07) is 22.7. The molecule has 0 saturated heterocycles. The number of carbonyl (C=O) groups is 1. The van der Waals surface area contributed by atoms with Crippen molar-refractivity contribution in [2.24, 2.45) is 0 Å².